The fourth-order valence-corrected chi connectivity index (χ4v) is 4.20. The molecule has 0 saturated heterocycles. The van der Waals surface area contributed by atoms with Crippen molar-refractivity contribution in [1.82, 2.24) is 0 Å². The lowest BCUT2D eigenvalue weighted by molar-refractivity contribution is -0.129. The molecule has 0 fully saturated rings. The number of nitrogens with zero attached hydrogens (tertiary/aromatic N) is 2. The maximum absolute atomic E-state index is 11.4. The van der Waals surface area contributed by atoms with E-state index in [0.717, 1.165) is 36.3 Å². The molecular weight excluding hydrogens is 360 g/mol. The molecule has 0 aliphatic carbocycles. The van der Waals surface area contributed by atoms with E-state index in [1.807, 2.05) is 0 Å². The molecule has 3 rings (SSSR count). The van der Waals surface area contributed by atoms with Crippen LogP contribution >= 0.6 is 15.9 Å². The summed E-state index contributed by atoms with van der Waals surface area (Å²) in [7, 11) is 1.70. The first kappa shape index (κ1) is 16.3. The van der Waals surface area contributed by atoms with Crippen LogP contribution in [0.3, 0.4) is 0 Å². The van der Waals surface area contributed by atoms with Gasteiger partial charge >= 0.3 is 5.97 Å². The molecule has 2 aliphatic rings. The van der Waals surface area contributed by atoms with Crippen molar-refractivity contribution >= 4 is 33.3 Å². The van der Waals surface area contributed by atoms with Gasteiger partial charge < -0.3 is 14.7 Å². The van der Waals surface area contributed by atoms with Gasteiger partial charge in [0.1, 0.15) is 11.5 Å². The highest BCUT2D eigenvalue weighted by atomic mass is 79.9. The zero-order chi connectivity index (χ0) is 16.7. The summed E-state index contributed by atoms with van der Waals surface area (Å²) in [5, 5.41) is 9.05. The maximum Gasteiger partial charge on any atom is 0.352 e. The van der Waals surface area contributed by atoms with E-state index in [9.17, 15) is 9.90 Å². The first-order chi connectivity index (χ1) is 10.9. The predicted octanol–water partition coefficient (Wildman–Crippen LogP) is 3.23. The second-order valence-corrected chi connectivity index (χ2v) is 7.30. The Morgan fingerprint density at radius 2 is 2.26 bits per heavy atom. The molecule has 2 aliphatic heterocycles. The summed E-state index contributed by atoms with van der Waals surface area (Å²) in [6, 6.07) is 4.08. The molecule has 0 saturated carbocycles. The molecule has 1 aromatic rings. The van der Waals surface area contributed by atoms with Gasteiger partial charge in [0, 0.05) is 5.69 Å². The van der Waals surface area contributed by atoms with Crippen molar-refractivity contribution < 1.29 is 14.6 Å². The second kappa shape index (κ2) is 6.15. The number of ether oxygens (including phenoxy) is 1. The lowest BCUT2D eigenvalue weighted by Gasteiger charge is -2.36. The molecule has 23 heavy (non-hydrogen) atoms. The van der Waals surface area contributed by atoms with Crippen LogP contribution in [0.25, 0.3) is 0 Å². The number of carboxylic acids is 1. The van der Waals surface area contributed by atoms with E-state index >= 15 is 0 Å². The number of rotatable bonds is 4. The van der Waals surface area contributed by atoms with Gasteiger partial charge in [0.25, 0.3) is 0 Å². The molecular formula is C17H21BrN2O3. The fraction of sp³-hybridized carbons (Fsp3) is 0.529. The van der Waals surface area contributed by atoms with Crippen molar-refractivity contribution in [3.63, 3.8) is 0 Å². The van der Waals surface area contributed by atoms with Crippen LogP contribution in [0.2, 0.25) is 0 Å². The van der Waals surface area contributed by atoms with Gasteiger partial charge in [-0.3, -0.25) is 0 Å². The van der Waals surface area contributed by atoms with Crippen molar-refractivity contribution in [3.8, 4) is 5.75 Å². The normalized spacial score (nSPS) is 22.7. The molecule has 0 amide bonds. The third-order valence-electron chi connectivity index (χ3n) is 4.42. The first-order valence-corrected chi connectivity index (χ1v) is 8.77. The molecule has 0 aromatic heterocycles. The molecule has 2 atom stereocenters. The number of hydrogen-bond donors (Lipinski definition) is 1. The van der Waals surface area contributed by atoms with Gasteiger partial charge in [-0.2, -0.15) is 0 Å². The van der Waals surface area contributed by atoms with Gasteiger partial charge in [-0.05, 0) is 64.4 Å². The molecule has 2 unspecified atom stereocenters. The number of carbonyl (C=O) groups is 1. The van der Waals surface area contributed by atoms with Crippen LogP contribution in [-0.2, 0) is 17.6 Å². The Morgan fingerprint density at radius 1 is 1.52 bits per heavy atom. The number of hydrogen-bond acceptors (Lipinski definition) is 4. The van der Waals surface area contributed by atoms with E-state index in [2.05, 4.69) is 51.8 Å². The molecule has 0 radical (unpaired) electrons. The summed E-state index contributed by atoms with van der Waals surface area (Å²) >= 11 is 3.51. The van der Waals surface area contributed by atoms with Crippen LogP contribution < -0.4 is 9.64 Å². The highest BCUT2D eigenvalue weighted by molar-refractivity contribution is 9.09. The van der Waals surface area contributed by atoms with E-state index in [1.165, 1.54) is 5.56 Å². The smallest absolute Gasteiger partial charge is 0.352 e. The molecule has 0 bridgehead atoms. The first-order valence-electron chi connectivity index (χ1n) is 7.85. The number of methoxy groups -OCH3 is 1. The lowest BCUT2D eigenvalue weighted by atomic mass is 9.91. The molecule has 0 spiro atoms. The number of alkyl halides is 1. The molecule has 6 heteroatoms. The van der Waals surface area contributed by atoms with Crippen LogP contribution in [0.5, 0.6) is 5.75 Å². The zero-order valence-corrected chi connectivity index (χ0v) is 15.1. The van der Waals surface area contributed by atoms with Gasteiger partial charge in [0.2, 0.25) is 0 Å². The number of fused-ring (bicyclic) bond motifs is 3. The highest BCUT2D eigenvalue weighted by Gasteiger charge is 2.41. The molecule has 5 nitrogen and oxygen atoms in total. The van der Waals surface area contributed by atoms with Crippen LogP contribution in [0.1, 0.15) is 31.4 Å². The summed E-state index contributed by atoms with van der Waals surface area (Å²) in [6.45, 7) is 4.35. The summed E-state index contributed by atoms with van der Waals surface area (Å²) in [5.74, 6) is 0.507. The minimum Gasteiger partial charge on any atom is -0.496 e. The Bertz CT molecular complexity index is 672. The number of carboxylic acid groups (broad SMARTS) is 1. The Kier molecular flexibility index (Phi) is 4.36. The number of aryl methyl sites for hydroxylation is 1. The van der Waals surface area contributed by atoms with E-state index in [1.54, 1.807) is 7.11 Å². The third-order valence-corrected chi connectivity index (χ3v) is 5.07. The van der Waals surface area contributed by atoms with E-state index in [-0.39, 0.29) is 16.8 Å². The molecule has 124 valence electrons. The Labute approximate surface area is 144 Å². The topological polar surface area (TPSA) is 62.1 Å². The summed E-state index contributed by atoms with van der Waals surface area (Å²) < 4.78 is 5.56. The van der Waals surface area contributed by atoms with Gasteiger partial charge in [-0.25, -0.2) is 9.79 Å². The van der Waals surface area contributed by atoms with Gasteiger partial charge in [-0.1, -0.05) is 13.8 Å². The van der Waals surface area contributed by atoms with Crippen molar-refractivity contribution in [3.05, 3.63) is 23.3 Å². The Hall–Kier alpha value is -1.56. The number of aliphatic imine (C=N–C) groups is 1. The number of benzene rings is 1. The highest BCUT2D eigenvalue weighted by Crippen LogP contribution is 2.41. The van der Waals surface area contributed by atoms with E-state index < -0.39 is 5.97 Å². The number of halogens is 1. The standard InChI is InChI=1S/C17H21BrN2O3/c1-9(2)6-11-7-13-10(8-14(11)23-3)4-5-12-15(16(21)22)19-17(18)20(12)13/h7-9,12,17H,4-6H2,1-3H3,(H,21,22). The van der Waals surface area contributed by atoms with Gasteiger partial charge in [0.15, 0.2) is 5.08 Å². The van der Waals surface area contributed by atoms with Crippen LogP contribution in [0, 0.1) is 5.92 Å². The molecule has 1 N–H and O–H groups in total. The van der Waals surface area contributed by atoms with Gasteiger partial charge in [-0.15, -0.1) is 0 Å². The lowest BCUT2D eigenvalue weighted by Crippen LogP contribution is -2.44. The monoisotopic (exact) mass is 380 g/mol. The number of anilines is 1. The number of aliphatic carboxylic acids is 1. The SMILES string of the molecule is COc1cc2c(cc1CC(C)C)N1C(Br)N=C(C(=O)O)C1CC2. The predicted molar refractivity (Wildman–Crippen MR) is 93.9 cm³/mol. The van der Waals surface area contributed by atoms with Crippen molar-refractivity contribution in [2.45, 2.75) is 44.2 Å². The average Bonchev–Trinajstić information content (AvgIpc) is 2.83. The minimum absolute atomic E-state index is 0.162. The minimum atomic E-state index is -0.929. The van der Waals surface area contributed by atoms with E-state index in [0.29, 0.717) is 5.92 Å². The fourth-order valence-electron chi connectivity index (χ4n) is 3.48. The average molecular weight is 381 g/mol. The maximum atomic E-state index is 11.4. The van der Waals surface area contributed by atoms with Crippen molar-refractivity contribution in [2.75, 3.05) is 12.0 Å². The van der Waals surface area contributed by atoms with Crippen LogP contribution in [-0.4, -0.2) is 35.0 Å². The summed E-state index contributed by atoms with van der Waals surface area (Å²) in [4.78, 5) is 17.8. The van der Waals surface area contributed by atoms with Gasteiger partial charge in [0.05, 0.1) is 13.2 Å². The quantitative estimate of drug-likeness (QED) is 0.643. The largest absolute Gasteiger partial charge is 0.496 e. The second-order valence-electron chi connectivity index (χ2n) is 6.48. The van der Waals surface area contributed by atoms with Crippen LogP contribution in [0.15, 0.2) is 17.1 Å². The summed E-state index contributed by atoms with van der Waals surface area (Å²) in [6.07, 6.45) is 2.52. The molecule has 2 heterocycles. The Balaban J connectivity index is 2.04. The zero-order valence-electron chi connectivity index (χ0n) is 13.5. The van der Waals surface area contributed by atoms with E-state index in [4.69, 9.17) is 4.74 Å². The van der Waals surface area contributed by atoms with Crippen molar-refractivity contribution in [1.29, 1.82) is 0 Å². The molecule has 1 aromatic carbocycles. The third kappa shape index (κ3) is 2.84. The van der Waals surface area contributed by atoms with Crippen molar-refractivity contribution in [2.24, 2.45) is 10.9 Å². The Morgan fingerprint density at radius 3 is 2.87 bits per heavy atom. The van der Waals surface area contributed by atoms with Crippen LogP contribution in [0.4, 0.5) is 5.69 Å². The summed E-state index contributed by atoms with van der Waals surface area (Å²) in [5.41, 5.74) is 3.67.